The number of aryl methyl sites for hydroxylation is 1. The lowest BCUT2D eigenvalue weighted by atomic mass is 10.1. The number of nitrogens with zero attached hydrogens (tertiary/aromatic N) is 7. The normalized spacial score (nSPS) is 11.1. The molecule has 0 spiro atoms. The predicted octanol–water partition coefficient (Wildman–Crippen LogP) is 3.92. The molecule has 11 nitrogen and oxygen atoms in total. The van der Waals surface area contributed by atoms with E-state index >= 15 is 0 Å². The van der Waals surface area contributed by atoms with Gasteiger partial charge in [0, 0.05) is 23.3 Å². The summed E-state index contributed by atoms with van der Waals surface area (Å²) in [5.74, 6) is -0.220. The zero-order valence-corrected chi connectivity index (χ0v) is 18.5. The summed E-state index contributed by atoms with van der Waals surface area (Å²) in [5.41, 5.74) is 1.95. The minimum absolute atomic E-state index is 0.145. The van der Waals surface area contributed by atoms with Gasteiger partial charge in [0.05, 0.1) is 27.9 Å². The van der Waals surface area contributed by atoms with Crippen LogP contribution in [0.4, 0.5) is 15.9 Å². The molecular weight excluding hydrogens is 455 g/mol. The molecule has 0 fully saturated rings. The van der Waals surface area contributed by atoms with Gasteiger partial charge >= 0.3 is 0 Å². The highest BCUT2D eigenvalue weighted by atomic mass is 19.1. The molecule has 1 N–H and O–H groups in total. The van der Waals surface area contributed by atoms with Gasteiger partial charge in [0.1, 0.15) is 18.0 Å². The van der Waals surface area contributed by atoms with E-state index in [9.17, 15) is 19.3 Å². The fourth-order valence-corrected chi connectivity index (χ4v) is 3.77. The highest BCUT2D eigenvalue weighted by Crippen LogP contribution is 2.26. The minimum Gasteiger partial charge on any atom is -0.306 e. The first-order valence-electron chi connectivity index (χ1n) is 10.4. The molecule has 12 heteroatoms. The number of hydrogen-bond acceptors (Lipinski definition) is 7. The fraction of sp³-hybridized carbons (Fsp3) is 0.0870. The molecule has 0 unspecified atom stereocenters. The van der Waals surface area contributed by atoms with Crippen LogP contribution in [0.1, 0.15) is 21.6 Å². The number of aromatic nitrogens is 6. The first-order valence-corrected chi connectivity index (χ1v) is 10.4. The molecule has 35 heavy (non-hydrogen) atoms. The highest BCUT2D eigenvalue weighted by Gasteiger charge is 2.21. The Morgan fingerprint density at radius 1 is 1.09 bits per heavy atom. The summed E-state index contributed by atoms with van der Waals surface area (Å²) in [6.45, 7) is 3.28. The largest absolute Gasteiger partial charge is 0.306 e. The van der Waals surface area contributed by atoms with Gasteiger partial charge in [0.15, 0.2) is 11.5 Å². The van der Waals surface area contributed by atoms with E-state index in [0.717, 1.165) is 0 Å². The van der Waals surface area contributed by atoms with E-state index in [4.69, 9.17) is 0 Å². The van der Waals surface area contributed by atoms with Gasteiger partial charge in [0.2, 0.25) is 0 Å². The number of nitro groups is 1. The van der Waals surface area contributed by atoms with Crippen LogP contribution in [0.15, 0.2) is 61.1 Å². The third-order valence-electron chi connectivity index (χ3n) is 5.44. The molecule has 0 bridgehead atoms. The number of nitro benzene ring substituents is 1. The second-order valence-electron chi connectivity index (χ2n) is 7.71. The van der Waals surface area contributed by atoms with Crippen LogP contribution in [0, 0.1) is 29.8 Å². The quantitative estimate of drug-likeness (QED) is 0.303. The van der Waals surface area contributed by atoms with Crippen molar-refractivity contribution in [3.63, 3.8) is 0 Å². The van der Waals surface area contributed by atoms with Gasteiger partial charge in [-0.05, 0) is 44.2 Å². The molecule has 0 saturated heterocycles. The van der Waals surface area contributed by atoms with Gasteiger partial charge in [-0.15, -0.1) is 0 Å². The maximum absolute atomic E-state index is 13.4. The van der Waals surface area contributed by atoms with Crippen molar-refractivity contribution in [3.05, 3.63) is 93.8 Å². The first kappa shape index (κ1) is 21.8. The first-order chi connectivity index (χ1) is 16.8. The van der Waals surface area contributed by atoms with E-state index < -0.39 is 10.8 Å². The Balaban J connectivity index is 1.55. The van der Waals surface area contributed by atoms with Crippen LogP contribution in [0.5, 0.6) is 0 Å². The Bertz CT molecular complexity index is 1610. The van der Waals surface area contributed by atoms with Crippen molar-refractivity contribution >= 4 is 28.4 Å². The molecule has 0 aliphatic heterocycles. The summed E-state index contributed by atoms with van der Waals surface area (Å²) in [5, 5.41) is 23.4. The van der Waals surface area contributed by atoms with Crippen molar-refractivity contribution in [3.8, 4) is 11.5 Å². The average molecular weight is 472 g/mol. The summed E-state index contributed by atoms with van der Waals surface area (Å²) in [4.78, 5) is 32.4. The molecule has 0 radical (unpaired) electrons. The lowest BCUT2D eigenvalue weighted by Crippen LogP contribution is -2.17. The van der Waals surface area contributed by atoms with E-state index in [2.05, 4.69) is 25.5 Å². The minimum atomic E-state index is -0.531. The van der Waals surface area contributed by atoms with Crippen LogP contribution in [-0.4, -0.2) is 40.4 Å². The van der Waals surface area contributed by atoms with Gasteiger partial charge < -0.3 is 5.32 Å². The lowest BCUT2D eigenvalue weighted by Gasteiger charge is -2.10. The van der Waals surface area contributed by atoms with Crippen molar-refractivity contribution in [2.45, 2.75) is 13.8 Å². The van der Waals surface area contributed by atoms with E-state index in [1.165, 1.54) is 48.3 Å². The molecule has 5 rings (SSSR count). The molecule has 0 saturated carbocycles. The number of benzene rings is 2. The van der Waals surface area contributed by atoms with Crippen molar-refractivity contribution < 1.29 is 14.1 Å². The Morgan fingerprint density at radius 2 is 1.86 bits per heavy atom. The Kier molecular flexibility index (Phi) is 5.24. The Labute approximate surface area is 197 Å². The predicted molar refractivity (Wildman–Crippen MR) is 124 cm³/mol. The summed E-state index contributed by atoms with van der Waals surface area (Å²) in [6, 6.07) is 11.8. The number of carbonyl (C=O) groups excluding carboxylic acids is 1. The maximum atomic E-state index is 13.4. The number of hydrogen-bond donors (Lipinski definition) is 1. The number of halogens is 1. The van der Waals surface area contributed by atoms with E-state index in [1.54, 1.807) is 36.0 Å². The molecule has 0 aliphatic carbocycles. The van der Waals surface area contributed by atoms with Crippen molar-refractivity contribution in [1.82, 2.24) is 29.5 Å². The highest BCUT2D eigenvalue weighted by molar-refractivity contribution is 6.05. The Morgan fingerprint density at radius 3 is 2.60 bits per heavy atom. The monoisotopic (exact) mass is 472 g/mol. The van der Waals surface area contributed by atoms with Crippen LogP contribution >= 0.6 is 0 Å². The van der Waals surface area contributed by atoms with Crippen molar-refractivity contribution in [2.24, 2.45) is 0 Å². The summed E-state index contributed by atoms with van der Waals surface area (Å²) in [7, 11) is 0. The Hall–Kier alpha value is -5.00. The zero-order chi connectivity index (χ0) is 24.7. The molecule has 5 aromatic rings. The topological polar surface area (TPSA) is 134 Å². The molecule has 2 aromatic carbocycles. The average Bonchev–Trinajstić information content (AvgIpc) is 3.42. The maximum Gasteiger partial charge on any atom is 0.273 e. The van der Waals surface area contributed by atoms with Crippen LogP contribution in [0.3, 0.4) is 0 Å². The molecule has 3 heterocycles. The van der Waals surface area contributed by atoms with E-state index in [-0.39, 0.29) is 22.6 Å². The van der Waals surface area contributed by atoms with Gasteiger partial charge in [-0.2, -0.15) is 14.9 Å². The summed E-state index contributed by atoms with van der Waals surface area (Å²) in [6.07, 6.45) is 2.90. The standard InChI is InChI=1S/C23H17FN8O3/c1-13-10-20(28-23(33)17-4-3-5-19(14(17)2)32(34)35)31(29-13)22-18-11-27-30(21(18)25-12-26-22)16-8-6-15(24)7-9-16/h3-12H,1-2H3,(H,28,33). The van der Waals surface area contributed by atoms with Crippen LogP contribution < -0.4 is 5.32 Å². The van der Waals surface area contributed by atoms with Gasteiger partial charge in [-0.3, -0.25) is 14.9 Å². The molecule has 3 aromatic heterocycles. The lowest BCUT2D eigenvalue weighted by molar-refractivity contribution is -0.385. The number of fused-ring (bicyclic) bond motifs is 1. The van der Waals surface area contributed by atoms with Gasteiger partial charge in [-0.1, -0.05) is 6.07 Å². The van der Waals surface area contributed by atoms with Crippen molar-refractivity contribution in [2.75, 3.05) is 5.32 Å². The number of rotatable bonds is 5. The van der Waals surface area contributed by atoms with Crippen LogP contribution in [0.2, 0.25) is 0 Å². The van der Waals surface area contributed by atoms with Crippen LogP contribution in [0.25, 0.3) is 22.5 Å². The SMILES string of the molecule is Cc1cc(NC(=O)c2cccc([N+](=O)[O-])c2C)n(-c2ncnc3c2cnn3-c2ccc(F)cc2)n1. The third-order valence-corrected chi connectivity index (χ3v) is 5.44. The summed E-state index contributed by atoms with van der Waals surface area (Å²) >= 11 is 0. The van der Waals surface area contributed by atoms with E-state index in [1.807, 2.05) is 0 Å². The number of nitrogens with one attached hydrogen (secondary N) is 1. The zero-order valence-electron chi connectivity index (χ0n) is 18.5. The second kappa shape index (κ2) is 8.41. The number of carbonyl (C=O) groups is 1. The van der Waals surface area contributed by atoms with Crippen LogP contribution in [-0.2, 0) is 0 Å². The van der Waals surface area contributed by atoms with E-state index in [0.29, 0.717) is 34.1 Å². The number of amides is 1. The van der Waals surface area contributed by atoms with Gasteiger partial charge in [0.25, 0.3) is 11.6 Å². The summed E-state index contributed by atoms with van der Waals surface area (Å²) < 4.78 is 16.3. The molecular formula is C23H17FN8O3. The van der Waals surface area contributed by atoms with Gasteiger partial charge in [-0.25, -0.2) is 19.0 Å². The molecule has 1 amide bonds. The third kappa shape index (κ3) is 3.86. The fourth-order valence-electron chi connectivity index (χ4n) is 3.77. The number of anilines is 1. The van der Waals surface area contributed by atoms with Crippen molar-refractivity contribution in [1.29, 1.82) is 0 Å². The second-order valence-corrected chi connectivity index (χ2v) is 7.71. The molecule has 174 valence electrons. The molecule has 0 aliphatic rings. The molecule has 0 atom stereocenters. The smallest absolute Gasteiger partial charge is 0.273 e.